The normalized spacial score (nSPS) is 14.6. The lowest BCUT2D eigenvalue weighted by molar-refractivity contribution is -0.384. The fourth-order valence-corrected chi connectivity index (χ4v) is 3.60. The molecule has 0 bridgehead atoms. The summed E-state index contributed by atoms with van der Waals surface area (Å²) in [7, 11) is 0. The van der Waals surface area contributed by atoms with Crippen LogP contribution in [0.5, 0.6) is 0 Å². The molecule has 0 saturated carbocycles. The number of hydrogen-bond donors (Lipinski definition) is 1. The van der Waals surface area contributed by atoms with E-state index in [0.717, 1.165) is 11.4 Å². The van der Waals surface area contributed by atoms with Crippen LogP contribution >= 0.6 is 11.6 Å². The van der Waals surface area contributed by atoms with Gasteiger partial charge in [-0.05, 0) is 43.2 Å². The summed E-state index contributed by atoms with van der Waals surface area (Å²) in [5.74, 6) is -0.476. The molecule has 1 fully saturated rings. The molecule has 1 aliphatic heterocycles. The molecule has 0 atom stereocenters. The monoisotopic (exact) mass is 401 g/mol. The molecule has 28 heavy (non-hydrogen) atoms. The van der Waals surface area contributed by atoms with Crippen molar-refractivity contribution in [2.24, 2.45) is 5.92 Å². The summed E-state index contributed by atoms with van der Waals surface area (Å²) in [5.41, 5.74) is 1.84. The number of hydrogen-bond acceptors (Lipinski definition) is 5. The smallest absolute Gasteiger partial charge is 0.270 e. The molecule has 2 aromatic carbocycles. The van der Waals surface area contributed by atoms with E-state index >= 15 is 0 Å². The highest BCUT2D eigenvalue weighted by atomic mass is 35.5. The van der Waals surface area contributed by atoms with Crippen LogP contribution in [0.1, 0.15) is 30.1 Å². The third-order valence-electron chi connectivity index (χ3n) is 4.84. The van der Waals surface area contributed by atoms with E-state index in [1.807, 2.05) is 24.3 Å². The number of carbonyl (C=O) groups is 2. The Kier molecular flexibility index (Phi) is 5.94. The fourth-order valence-electron chi connectivity index (χ4n) is 3.39. The fraction of sp³-hybridized carbons (Fsp3) is 0.300. The second-order valence-electron chi connectivity index (χ2n) is 6.77. The second-order valence-corrected chi connectivity index (χ2v) is 7.18. The van der Waals surface area contributed by atoms with Crippen molar-refractivity contribution in [2.45, 2.75) is 19.8 Å². The van der Waals surface area contributed by atoms with Gasteiger partial charge in [-0.2, -0.15) is 0 Å². The van der Waals surface area contributed by atoms with Crippen LogP contribution in [-0.2, 0) is 4.79 Å². The zero-order chi connectivity index (χ0) is 20.3. The molecule has 0 spiro atoms. The Labute approximate surface area is 167 Å². The lowest BCUT2D eigenvalue weighted by Crippen LogP contribution is -2.36. The lowest BCUT2D eigenvalue weighted by atomic mass is 9.88. The summed E-state index contributed by atoms with van der Waals surface area (Å²) in [4.78, 5) is 36.5. The van der Waals surface area contributed by atoms with Gasteiger partial charge >= 0.3 is 0 Å². The van der Waals surface area contributed by atoms with Crippen molar-refractivity contribution in [1.29, 1.82) is 0 Å². The number of nitrogens with one attached hydrogen (secondary N) is 1. The molecule has 1 saturated heterocycles. The Balaban J connectivity index is 1.65. The molecule has 1 N–H and O–H groups in total. The molecule has 146 valence electrons. The Hall–Kier alpha value is -2.93. The highest BCUT2D eigenvalue weighted by Gasteiger charge is 2.28. The van der Waals surface area contributed by atoms with E-state index in [2.05, 4.69) is 10.2 Å². The molecule has 0 aromatic heterocycles. The number of nitro groups is 1. The van der Waals surface area contributed by atoms with E-state index in [-0.39, 0.29) is 33.9 Å². The zero-order valence-corrected chi connectivity index (χ0v) is 16.1. The molecule has 2 aromatic rings. The van der Waals surface area contributed by atoms with Crippen LogP contribution in [0, 0.1) is 16.0 Å². The summed E-state index contributed by atoms with van der Waals surface area (Å²) in [6.45, 7) is 2.86. The number of amides is 1. The molecule has 0 unspecified atom stereocenters. The largest absolute Gasteiger partial charge is 0.371 e. The molecule has 7 nitrogen and oxygen atoms in total. The maximum atomic E-state index is 12.8. The van der Waals surface area contributed by atoms with E-state index in [1.165, 1.54) is 25.1 Å². The minimum atomic E-state index is -0.527. The van der Waals surface area contributed by atoms with E-state index < -0.39 is 4.92 Å². The minimum Gasteiger partial charge on any atom is -0.371 e. The van der Waals surface area contributed by atoms with Crippen molar-refractivity contribution in [3.8, 4) is 0 Å². The van der Waals surface area contributed by atoms with Crippen LogP contribution in [0.4, 0.5) is 17.1 Å². The summed E-state index contributed by atoms with van der Waals surface area (Å²) >= 11 is 6.11. The first-order valence-electron chi connectivity index (χ1n) is 8.96. The summed E-state index contributed by atoms with van der Waals surface area (Å²) < 4.78 is 0. The van der Waals surface area contributed by atoms with Crippen molar-refractivity contribution in [2.75, 3.05) is 23.3 Å². The van der Waals surface area contributed by atoms with Crippen LogP contribution in [-0.4, -0.2) is 29.7 Å². The highest BCUT2D eigenvalue weighted by Crippen LogP contribution is 2.30. The van der Waals surface area contributed by atoms with Crippen molar-refractivity contribution >= 4 is 40.4 Å². The first-order chi connectivity index (χ1) is 13.3. The van der Waals surface area contributed by atoms with Gasteiger partial charge in [-0.25, -0.2) is 0 Å². The zero-order valence-electron chi connectivity index (χ0n) is 15.4. The number of Topliss-reactive ketones (excluding diaryl/α,β-unsaturated/α-hetero) is 1. The Morgan fingerprint density at radius 1 is 1.14 bits per heavy atom. The van der Waals surface area contributed by atoms with Crippen LogP contribution in [0.3, 0.4) is 0 Å². The van der Waals surface area contributed by atoms with Gasteiger partial charge in [0.25, 0.3) is 5.69 Å². The number of nitrogens with zero attached hydrogens (tertiary/aromatic N) is 2. The third-order valence-corrected chi connectivity index (χ3v) is 5.17. The predicted molar refractivity (Wildman–Crippen MR) is 108 cm³/mol. The van der Waals surface area contributed by atoms with Gasteiger partial charge in [-0.1, -0.05) is 11.6 Å². The van der Waals surface area contributed by atoms with E-state index in [9.17, 15) is 19.7 Å². The number of benzene rings is 2. The number of piperidine rings is 1. The lowest BCUT2D eigenvalue weighted by Gasteiger charge is -2.33. The third kappa shape index (κ3) is 4.48. The quantitative estimate of drug-likeness (QED) is 0.458. The Morgan fingerprint density at radius 2 is 1.79 bits per heavy atom. The number of halogens is 1. The van der Waals surface area contributed by atoms with Gasteiger partial charge in [0.1, 0.15) is 0 Å². The summed E-state index contributed by atoms with van der Waals surface area (Å²) in [6, 6.07) is 11.5. The first kappa shape index (κ1) is 19.8. The van der Waals surface area contributed by atoms with Gasteiger partial charge in [0.05, 0.1) is 9.95 Å². The molecular formula is C20H20ClN3O4. The predicted octanol–water partition coefficient (Wildman–Crippen LogP) is 4.31. The van der Waals surface area contributed by atoms with Gasteiger partial charge in [0.2, 0.25) is 5.91 Å². The molecular weight excluding hydrogens is 382 g/mol. The number of nitro benzene ring substituents is 1. The van der Waals surface area contributed by atoms with Crippen molar-refractivity contribution in [3.05, 3.63) is 63.2 Å². The molecule has 1 amide bonds. The number of carbonyl (C=O) groups excluding carboxylic acids is 2. The maximum absolute atomic E-state index is 12.8. The SMILES string of the molecule is CC(=O)Nc1ccc(N2CCC(C(=O)c3cc([N+](=O)[O-])ccc3Cl)CC2)cc1. The number of rotatable bonds is 5. The van der Waals surface area contributed by atoms with Gasteiger partial charge in [0, 0.05) is 55.0 Å². The Morgan fingerprint density at radius 3 is 2.36 bits per heavy atom. The molecule has 3 rings (SSSR count). The van der Waals surface area contributed by atoms with Gasteiger partial charge in [0.15, 0.2) is 5.78 Å². The van der Waals surface area contributed by atoms with Crippen molar-refractivity contribution in [1.82, 2.24) is 0 Å². The topological polar surface area (TPSA) is 92.6 Å². The second kappa shape index (κ2) is 8.39. The van der Waals surface area contributed by atoms with Gasteiger partial charge < -0.3 is 10.2 Å². The maximum Gasteiger partial charge on any atom is 0.270 e. The minimum absolute atomic E-state index is 0.119. The summed E-state index contributed by atoms with van der Waals surface area (Å²) in [5, 5.41) is 13.9. The molecule has 8 heteroatoms. The molecule has 1 aliphatic rings. The average Bonchev–Trinajstić information content (AvgIpc) is 2.68. The van der Waals surface area contributed by atoms with E-state index in [1.54, 1.807) is 0 Å². The standard InChI is InChI=1S/C20H20ClN3O4/c1-13(25)22-15-2-4-16(5-3-15)23-10-8-14(9-11-23)20(26)18-12-17(24(27)28)6-7-19(18)21/h2-7,12,14H,8-11H2,1H3,(H,22,25). The van der Waals surface area contributed by atoms with Gasteiger partial charge in [-0.15, -0.1) is 0 Å². The molecule has 1 heterocycles. The number of non-ortho nitro benzene ring substituents is 1. The van der Waals surface area contributed by atoms with Gasteiger partial charge in [-0.3, -0.25) is 19.7 Å². The number of anilines is 2. The Bertz CT molecular complexity index is 906. The molecule has 0 aliphatic carbocycles. The van der Waals surface area contributed by atoms with Crippen LogP contribution in [0.2, 0.25) is 5.02 Å². The van der Waals surface area contributed by atoms with Crippen LogP contribution in [0.25, 0.3) is 0 Å². The first-order valence-corrected chi connectivity index (χ1v) is 9.33. The van der Waals surface area contributed by atoms with Crippen molar-refractivity contribution < 1.29 is 14.5 Å². The number of ketones is 1. The van der Waals surface area contributed by atoms with Crippen molar-refractivity contribution in [3.63, 3.8) is 0 Å². The molecule has 0 radical (unpaired) electrons. The summed E-state index contributed by atoms with van der Waals surface area (Å²) in [6.07, 6.45) is 1.29. The van der Waals surface area contributed by atoms with Crippen LogP contribution < -0.4 is 10.2 Å². The average molecular weight is 402 g/mol. The van der Waals surface area contributed by atoms with E-state index in [4.69, 9.17) is 11.6 Å². The highest BCUT2D eigenvalue weighted by molar-refractivity contribution is 6.34. The van der Waals surface area contributed by atoms with E-state index in [0.29, 0.717) is 25.9 Å². The van der Waals surface area contributed by atoms with Crippen LogP contribution in [0.15, 0.2) is 42.5 Å².